The van der Waals surface area contributed by atoms with Crippen LogP contribution in [-0.4, -0.2) is 37.5 Å². The molecule has 2 heterocycles. The van der Waals surface area contributed by atoms with Crippen molar-refractivity contribution in [2.75, 3.05) is 31.7 Å². The van der Waals surface area contributed by atoms with Crippen LogP contribution in [0.25, 0.3) is 0 Å². The van der Waals surface area contributed by atoms with E-state index in [0.717, 1.165) is 49.5 Å². The fraction of sp³-hybridized carbons (Fsp3) is 0.615. The predicted molar refractivity (Wildman–Crippen MR) is 74.8 cm³/mol. The Bertz CT molecular complexity index is 339. The number of anilines is 1. The van der Waals surface area contributed by atoms with Crippen molar-refractivity contribution in [1.29, 1.82) is 0 Å². The molecular weight excluding hydrogens is 296 g/mol. The van der Waals surface area contributed by atoms with Gasteiger partial charge in [-0.1, -0.05) is 0 Å². The van der Waals surface area contributed by atoms with E-state index in [4.69, 9.17) is 9.47 Å². The van der Waals surface area contributed by atoms with Crippen LogP contribution in [0, 0.1) is 0 Å². The molecule has 2 rings (SSSR count). The summed E-state index contributed by atoms with van der Waals surface area (Å²) in [4.78, 5) is 4.24. The lowest BCUT2D eigenvalue weighted by Gasteiger charge is -2.10. The Balaban J connectivity index is 1.49. The molecule has 1 aromatic rings. The first-order valence-corrected chi connectivity index (χ1v) is 7.18. The lowest BCUT2D eigenvalue weighted by atomic mass is 10.2. The highest BCUT2D eigenvalue weighted by Gasteiger charge is 2.14. The summed E-state index contributed by atoms with van der Waals surface area (Å²) in [5, 5.41) is 3.26. The Hall–Kier alpha value is -0.650. The van der Waals surface area contributed by atoms with Gasteiger partial charge in [-0.3, -0.25) is 0 Å². The minimum atomic E-state index is 0.325. The number of nitrogens with one attached hydrogen (secondary N) is 1. The number of aromatic nitrogens is 1. The fourth-order valence-corrected chi connectivity index (χ4v) is 2.10. The molecule has 0 amide bonds. The van der Waals surface area contributed by atoms with Crippen molar-refractivity contribution >= 4 is 21.7 Å². The van der Waals surface area contributed by atoms with Gasteiger partial charge < -0.3 is 14.8 Å². The summed E-state index contributed by atoms with van der Waals surface area (Å²) in [5.74, 6) is 0.900. The third-order valence-electron chi connectivity index (χ3n) is 2.83. The Morgan fingerprint density at radius 1 is 1.50 bits per heavy atom. The predicted octanol–water partition coefficient (Wildman–Crippen LogP) is 2.84. The highest BCUT2D eigenvalue weighted by Crippen LogP contribution is 2.12. The van der Waals surface area contributed by atoms with Crippen LogP contribution in [-0.2, 0) is 9.47 Å². The summed E-state index contributed by atoms with van der Waals surface area (Å²) in [7, 11) is 0. The van der Waals surface area contributed by atoms with Crippen molar-refractivity contribution in [3.05, 3.63) is 22.8 Å². The van der Waals surface area contributed by atoms with Crippen molar-refractivity contribution in [3.63, 3.8) is 0 Å². The van der Waals surface area contributed by atoms with Gasteiger partial charge in [-0.05, 0) is 47.3 Å². The number of rotatable bonds is 7. The van der Waals surface area contributed by atoms with E-state index in [1.165, 1.54) is 6.42 Å². The first-order valence-electron chi connectivity index (χ1n) is 6.39. The molecule has 0 saturated carbocycles. The van der Waals surface area contributed by atoms with Gasteiger partial charge in [0, 0.05) is 30.4 Å². The number of hydrogen-bond acceptors (Lipinski definition) is 4. The highest BCUT2D eigenvalue weighted by molar-refractivity contribution is 9.10. The van der Waals surface area contributed by atoms with Gasteiger partial charge in [-0.25, -0.2) is 4.98 Å². The van der Waals surface area contributed by atoms with E-state index in [1.54, 1.807) is 6.20 Å². The number of ether oxygens (including phenoxy) is 2. The summed E-state index contributed by atoms with van der Waals surface area (Å²) in [5.41, 5.74) is 0. The third kappa shape index (κ3) is 4.92. The molecule has 4 nitrogen and oxygen atoms in total. The van der Waals surface area contributed by atoms with Crippen LogP contribution < -0.4 is 5.32 Å². The van der Waals surface area contributed by atoms with Gasteiger partial charge in [0.2, 0.25) is 0 Å². The number of nitrogens with zero attached hydrogens (tertiary/aromatic N) is 1. The van der Waals surface area contributed by atoms with Gasteiger partial charge in [0.05, 0.1) is 12.7 Å². The van der Waals surface area contributed by atoms with Crippen LogP contribution in [0.4, 0.5) is 5.82 Å². The van der Waals surface area contributed by atoms with E-state index >= 15 is 0 Å². The summed E-state index contributed by atoms with van der Waals surface area (Å²) in [6.45, 7) is 3.27. The van der Waals surface area contributed by atoms with E-state index in [9.17, 15) is 0 Å². The highest BCUT2D eigenvalue weighted by atomic mass is 79.9. The quantitative estimate of drug-likeness (QED) is 0.786. The second kappa shape index (κ2) is 7.71. The molecule has 0 bridgehead atoms. The monoisotopic (exact) mass is 314 g/mol. The van der Waals surface area contributed by atoms with Gasteiger partial charge in [0.15, 0.2) is 0 Å². The van der Waals surface area contributed by atoms with E-state index < -0.39 is 0 Å². The molecule has 18 heavy (non-hydrogen) atoms. The lowest BCUT2D eigenvalue weighted by Crippen LogP contribution is -2.15. The Kier molecular flexibility index (Phi) is 5.90. The van der Waals surface area contributed by atoms with Gasteiger partial charge in [-0.2, -0.15) is 0 Å². The van der Waals surface area contributed by atoms with Crippen LogP contribution in [0.3, 0.4) is 0 Å². The van der Waals surface area contributed by atoms with Crippen LogP contribution in [0.5, 0.6) is 0 Å². The summed E-state index contributed by atoms with van der Waals surface area (Å²) < 4.78 is 12.1. The maximum Gasteiger partial charge on any atom is 0.125 e. The summed E-state index contributed by atoms with van der Waals surface area (Å²) in [6, 6.07) is 3.93. The fourth-order valence-electron chi connectivity index (χ4n) is 1.86. The molecule has 1 fully saturated rings. The molecule has 1 saturated heterocycles. The number of halogens is 1. The molecule has 0 spiro atoms. The molecule has 5 heteroatoms. The van der Waals surface area contributed by atoms with Crippen LogP contribution in [0.15, 0.2) is 22.8 Å². The zero-order valence-corrected chi connectivity index (χ0v) is 12.0. The Morgan fingerprint density at radius 3 is 3.17 bits per heavy atom. The average molecular weight is 315 g/mol. The molecule has 0 aromatic carbocycles. The molecule has 0 unspecified atom stereocenters. The van der Waals surface area contributed by atoms with Crippen molar-refractivity contribution < 1.29 is 9.47 Å². The Morgan fingerprint density at radius 2 is 2.44 bits per heavy atom. The molecule has 1 aliphatic rings. The second-order valence-corrected chi connectivity index (χ2v) is 5.27. The minimum Gasteiger partial charge on any atom is -0.379 e. The molecular formula is C13H19BrN2O2. The van der Waals surface area contributed by atoms with E-state index in [-0.39, 0.29) is 0 Å². The molecule has 1 aromatic heterocycles. The maximum absolute atomic E-state index is 5.58. The third-order valence-corrected chi connectivity index (χ3v) is 3.30. The van der Waals surface area contributed by atoms with Crippen molar-refractivity contribution in [2.24, 2.45) is 0 Å². The molecule has 0 aliphatic carbocycles. The number of hydrogen-bond donors (Lipinski definition) is 1. The molecule has 1 aliphatic heterocycles. The first-order chi connectivity index (χ1) is 8.84. The summed E-state index contributed by atoms with van der Waals surface area (Å²) >= 11 is 3.36. The van der Waals surface area contributed by atoms with Crippen molar-refractivity contribution in [2.45, 2.75) is 25.4 Å². The minimum absolute atomic E-state index is 0.325. The maximum atomic E-state index is 5.58. The van der Waals surface area contributed by atoms with Crippen molar-refractivity contribution in [3.8, 4) is 0 Å². The van der Waals surface area contributed by atoms with E-state index in [1.807, 2.05) is 12.1 Å². The molecule has 1 atom stereocenters. The second-order valence-electron chi connectivity index (χ2n) is 4.35. The lowest BCUT2D eigenvalue weighted by molar-refractivity contribution is 0.0172. The smallest absolute Gasteiger partial charge is 0.125 e. The van der Waals surface area contributed by atoms with Gasteiger partial charge >= 0.3 is 0 Å². The molecule has 100 valence electrons. The standard InChI is InChI=1S/C13H19BrN2O2/c14-11-4-5-13(16-9-11)15-6-2-7-17-10-12-3-1-8-18-12/h4-5,9,12H,1-3,6-8,10H2,(H,15,16)/t12-/m0/s1. The van der Waals surface area contributed by atoms with Gasteiger partial charge in [0.1, 0.15) is 5.82 Å². The van der Waals surface area contributed by atoms with Crippen LogP contribution >= 0.6 is 15.9 Å². The SMILES string of the molecule is Brc1ccc(NCCCOC[C@@H]2CCCO2)nc1. The van der Waals surface area contributed by atoms with Crippen LogP contribution in [0.2, 0.25) is 0 Å². The Labute approximate surface area is 116 Å². The van der Waals surface area contributed by atoms with Gasteiger partial charge in [-0.15, -0.1) is 0 Å². The summed E-state index contributed by atoms with van der Waals surface area (Å²) in [6.07, 6.45) is 5.40. The normalized spacial score (nSPS) is 19.1. The van der Waals surface area contributed by atoms with E-state index in [0.29, 0.717) is 6.10 Å². The van der Waals surface area contributed by atoms with Gasteiger partial charge in [0.25, 0.3) is 0 Å². The topological polar surface area (TPSA) is 43.4 Å². The largest absolute Gasteiger partial charge is 0.379 e. The zero-order chi connectivity index (χ0) is 12.6. The zero-order valence-electron chi connectivity index (χ0n) is 10.4. The molecule has 0 radical (unpaired) electrons. The number of pyridine rings is 1. The first kappa shape index (κ1) is 13.8. The average Bonchev–Trinajstić information content (AvgIpc) is 2.89. The van der Waals surface area contributed by atoms with E-state index in [2.05, 4.69) is 26.2 Å². The van der Waals surface area contributed by atoms with Crippen molar-refractivity contribution in [1.82, 2.24) is 4.98 Å². The molecule has 1 N–H and O–H groups in total. The van der Waals surface area contributed by atoms with Crippen LogP contribution in [0.1, 0.15) is 19.3 Å².